The van der Waals surface area contributed by atoms with Gasteiger partial charge in [0, 0.05) is 15.8 Å². The summed E-state index contributed by atoms with van der Waals surface area (Å²) in [6.07, 6.45) is 7.44. The van der Waals surface area contributed by atoms with E-state index in [1.807, 2.05) is 23.9 Å². The zero-order valence-corrected chi connectivity index (χ0v) is 13.4. The van der Waals surface area contributed by atoms with Crippen LogP contribution in [-0.2, 0) is 6.54 Å². The van der Waals surface area contributed by atoms with Gasteiger partial charge in [-0.3, -0.25) is 0 Å². The van der Waals surface area contributed by atoms with Crippen molar-refractivity contribution in [2.45, 2.75) is 37.0 Å². The summed E-state index contributed by atoms with van der Waals surface area (Å²) in [6.45, 7) is 0.965. The van der Waals surface area contributed by atoms with Gasteiger partial charge in [0.15, 0.2) is 0 Å². The number of imidazole rings is 1. The van der Waals surface area contributed by atoms with E-state index in [0.717, 1.165) is 22.1 Å². The fraction of sp³-hybridized carbons (Fsp3) is 0.500. The molecule has 1 aliphatic carbocycles. The molecule has 1 saturated carbocycles. The molecule has 1 aromatic carbocycles. The lowest BCUT2D eigenvalue weighted by atomic mass is 10.1. The first-order chi connectivity index (χ1) is 9.13. The monoisotopic (exact) mass is 339 g/mol. The minimum Gasteiger partial charge on any atom is -0.369 e. The van der Waals surface area contributed by atoms with Gasteiger partial charge >= 0.3 is 0 Å². The van der Waals surface area contributed by atoms with E-state index in [1.165, 1.54) is 25.7 Å². The minimum absolute atomic E-state index is 0.337. The zero-order chi connectivity index (χ0) is 13.5. The molecule has 102 valence electrons. The molecule has 0 bridgehead atoms. The van der Waals surface area contributed by atoms with Crippen LogP contribution in [0.4, 0.5) is 5.95 Å². The standard InChI is InChI=1S/C14H18BrN3S/c1-19-14(6-2-3-7-14)9-18-12-8-10(15)4-5-11(12)17-13(18)16/h4-5,8H,2-3,6-7,9H2,1H3,(H2,16,17). The van der Waals surface area contributed by atoms with Crippen LogP contribution in [0.5, 0.6) is 0 Å². The second kappa shape index (κ2) is 5.02. The van der Waals surface area contributed by atoms with Crippen molar-refractivity contribution < 1.29 is 0 Å². The number of thioether (sulfide) groups is 1. The second-order valence-corrected chi connectivity index (χ2v) is 7.47. The van der Waals surface area contributed by atoms with Crippen molar-refractivity contribution in [3.8, 4) is 0 Å². The summed E-state index contributed by atoms with van der Waals surface area (Å²) in [4.78, 5) is 4.47. The number of nitrogen functional groups attached to an aromatic ring is 1. The van der Waals surface area contributed by atoms with Crippen molar-refractivity contribution in [1.82, 2.24) is 9.55 Å². The maximum Gasteiger partial charge on any atom is 0.201 e. The Morgan fingerprint density at radius 3 is 2.84 bits per heavy atom. The van der Waals surface area contributed by atoms with Crippen LogP contribution in [0.2, 0.25) is 0 Å². The van der Waals surface area contributed by atoms with Crippen LogP contribution >= 0.6 is 27.7 Å². The molecule has 0 amide bonds. The van der Waals surface area contributed by atoms with Gasteiger partial charge in [-0.1, -0.05) is 28.8 Å². The fourth-order valence-electron chi connectivity index (χ4n) is 3.01. The molecule has 5 heteroatoms. The first-order valence-electron chi connectivity index (χ1n) is 6.60. The largest absolute Gasteiger partial charge is 0.369 e. The Labute approximate surface area is 126 Å². The summed E-state index contributed by atoms with van der Waals surface area (Å²) in [5.74, 6) is 0.633. The molecule has 0 saturated heterocycles. The molecule has 0 radical (unpaired) electrons. The highest BCUT2D eigenvalue weighted by Gasteiger charge is 2.34. The molecule has 3 nitrogen and oxygen atoms in total. The number of nitrogens with two attached hydrogens (primary N) is 1. The average molecular weight is 340 g/mol. The highest BCUT2D eigenvalue weighted by atomic mass is 79.9. The van der Waals surface area contributed by atoms with Crippen LogP contribution < -0.4 is 5.73 Å². The van der Waals surface area contributed by atoms with E-state index in [9.17, 15) is 0 Å². The molecule has 1 aliphatic rings. The van der Waals surface area contributed by atoms with Gasteiger partial charge in [-0.25, -0.2) is 4.98 Å². The number of fused-ring (bicyclic) bond motifs is 1. The third-order valence-electron chi connectivity index (χ3n) is 4.13. The molecule has 2 aromatic rings. The van der Waals surface area contributed by atoms with Crippen molar-refractivity contribution in [2.24, 2.45) is 0 Å². The van der Waals surface area contributed by atoms with Gasteiger partial charge in [0.1, 0.15) is 0 Å². The molecule has 3 rings (SSSR count). The van der Waals surface area contributed by atoms with E-state index in [0.29, 0.717) is 10.7 Å². The van der Waals surface area contributed by atoms with Crippen LogP contribution in [0.25, 0.3) is 11.0 Å². The van der Waals surface area contributed by atoms with Gasteiger partial charge in [-0.2, -0.15) is 11.8 Å². The van der Waals surface area contributed by atoms with Gasteiger partial charge in [0.25, 0.3) is 0 Å². The number of benzene rings is 1. The predicted octanol–water partition coefficient (Wildman–Crippen LogP) is 4.06. The summed E-state index contributed by atoms with van der Waals surface area (Å²) in [7, 11) is 0. The Kier molecular flexibility index (Phi) is 3.52. The smallest absolute Gasteiger partial charge is 0.201 e. The normalized spacial score (nSPS) is 18.2. The number of hydrogen-bond acceptors (Lipinski definition) is 3. The van der Waals surface area contributed by atoms with Gasteiger partial charge < -0.3 is 10.3 Å². The van der Waals surface area contributed by atoms with E-state index >= 15 is 0 Å². The number of rotatable bonds is 3. The molecule has 19 heavy (non-hydrogen) atoms. The lowest BCUT2D eigenvalue weighted by Crippen LogP contribution is -2.27. The van der Waals surface area contributed by atoms with E-state index < -0.39 is 0 Å². The van der Waals surface area contributed by atoms with Crippen LogP contribution in [-0.4, -0.2) is 20.6 Å². The summed E-state index contributed by atoms with van der Waals surface area (Å²) in [5, 5.41) is 0. The predicted molar refractivity (Wildman–Crippen MR) is 86.6 cm³/mol. The average Bonchev–Trinajstić information content (AvgIpc) is 2.98. The number of halogens is 1. The lowest BCUT2D eigenvalue weighted by molar-refractivity contribution is 0.518. The van der Waals surface area contributed by atoms with Crippen molar-refractivity contribution in [3.05, 3.63) is 22.7 Å². The quantitative estimate of drug-likeness (QED) is 0.916. The van der Waals surface area contributed by atoms with E-state index in [2.05, 4.69) is 37.8 Å². The van der Waals surface area contributed by atoms with Crippen molar-refractivity contribution in [1.29, 1.82) is 0 Å². The molecule has 1 aromatic heterocycles. The maximum absolute atomic E-state index is 6.12. The van der Waals surface area contributed by atoms with E-state index in [1.54, 1.807) is 0 Å². The summed E-state index contributed by atoms with van der Waals surface area (Å²) >= 11 is 5.52. The molecular weight excluding hydrogens is 322 g/mol. The maximum atomic E-state index is 6.12. The lowest BCUT2D eigenvalue weighted by Gasteiger charge is -2.27. The van der Waals surface area contributed by atoms with Crippen LogP contribution in [0.1, 0.15) is 25.7 Å². The summed E-state index contributed by atoms with van der Waals surface area (Å²) in [5.41, 5.74) is 8.24. The van der Waals surface area contributed by atoms with Crippen molar-refractivity contribution in [3.63, 3.8) is 0 Å². The van der Waals surface area contributed by atoms with Crippen LogP contribution in [0.3, 0.4) is 0 Å². The highest BCUT2D eigenvalue weighted by Crippen LogP contribution is 2.42. The molecule has 1 heterocycles. The molecule has 2 N–H and O–H groups in total. The van der Waals surface area contributed by atoms with Gasteiger partial charge in [-0.05, 0) is 37.3 Å². The number of anilines is 1. The zero-order valence-electron chi connectivity index (χ0n) is 11.0. The molecule has 0 unspecified atom stereocenters. The number of aromatic nitrogens is 2. The van der Waals surface area contributed by atoms with E-state index in [4.69, 9.17) is 5.73 Å². The molecule has 0 aliphatic heterocycles. The Morgan fingerprint density at radius 1 is 1.42 bits per heavy atom. The summed E-state index contributed by atoms with van der Waals surface area (Å²) < 4.78 is 3.59. The van der Waals surface area contributed by atoms with Crippen molar-refractivity contribution in [2.75, 3.05) is 12.0 Å². The second-order valence-electron chi connectivity index (χ2n) is 5.28. The Balaban J connectivity index is 2.04. The molecular formula is C14H18BrN3S. The van der Waals surface area contributed by atoms with Gasteiger partial charge in [0.05, 0.1) is 11.0 Å². The third kappa shape index (κ3) is 2.38. The molecule has 0 atom stereocenters. The molecule has 0 spiro atoms. The fourth-order valence-corrected chi connectivity index (χ4v) is 4.32. The minimum atomic E-state index is 0.337. The van der Waals surface area contributed by atoms with Gasteiger partial charge in [-0.15, -0.1) is 0 Å². The Morgan fingerprint density at radius 2 is 2.16 bits per heavy atom. The van der Waals surface area contributed by atoms with E-state index in [-0.39, 0.29) is 0 Å². The van der Waals surface area contributed by atoms with Gasteiger partial charge in [0.2, 0.25) is 5.95 Å². The molecule has 1 fully saturated rings. The first kappa shape index (κ1) is 13.3. The van der Waals surface area contributed by atoms with Crippen LogP contribution in [0.15, 0.2) is 22.7 Å². The topological polar surface area (TPSA) is 43.8 Å². The number of nitrogens with zero attached hydrogens (tertiary/aromatic N) is 2. The van der Waals surface area contributed by atoms with Crippen molar-refractivity contribution >= 4 is 44.7 Å². The Hall–Kier alpha value is -0.680. The number of hydrogen-bond donors (Lipinski definition) is 1. The first-order valence-corrected chi connectivity index (χ1v) is 8.62. The Bertz CT molecular complexity index is 602. The third-order valence-corrected chi connectivity index (χ3v) is 6.03. The summed E-state index contributed by atoms with van der Waals surface area (Å²) in [6, 6.07) is 6.15. The highest BCUT2D eigenvalue weighted by molar-refractivity contribution is 9.10. The SMILES string of the molecule is CSC1(Cn2c(N)nc3ccc(Br)cc32)CCCC1. The van der Waals surface area contributed by atoms with Crippen LogP contribution in [0, 0.1) is 0 Å².